The molecular weight excluding hydrogens is 534 g/mol. The quantitative estimate of drug-likeness (QED) is 0.239. The summed E-state index contributed by atoms with van der Waals surface area (Å²) in [4.78, 5) is 8.56. The molecule has 172 valence electrons. The Morgan fingerprint density at radius 2 is 1.78 bits per heavy atom. The van der Waals surface area contributed by atoms with Gasteiger partial charge in [0.15, 0.2) is 5.96 Å². The maximum Gasteiger partial charge on any atom is 0.573 e. The number of aromatic nitrogens is 2. The lowest BCUT2D eigenvalue weighted by molar-refractivity contribution is -0.274. The third-order valence-corrected chi connectivity index (χ3v) is 4.36. The van der Waals surface area contributed by atoms with Crippen molar-refractivity contribution in [2.45, 2.75) is 32.9 Å². The van der Waals surface area contributed by atoms with Crippen LogP contribution in [0.3, 0.4) is 0 Å². The van der Waals surface area contributed by atoms with Crippen LogP contribution in [0.4, 0.5) is 13.2 Å². The van der Waals surface area contributed by atoms with Crippen molar-refractivity contribution < 1.29 is 17.9 Å². The standard InChI is InChI=1S/C22H24F3N5O.HI/c1-2-27-21(29-14-19-5-3-4-6-20(19)31-22(23,24)25)28-13-17-7-9-18(10-8-17)15-30-12-11-26-16-30;/h3-12,16H,2,13-15H2,1H3,(H2,27,28,29);1H. The van der Waals surface area contributed by atoms with Gasteiger partial charge in [-0.3, -0.25) is 0 Å². The van der Waals surface area contributed by atoms with Crippen molar-refractivity contribution in [2.75, 3.05) is 6.54 Å². The number of hydrogen-bond acceptors (Lipinski definition) is 3. The second-order valence-electron chi connectivity index (χ2n) is 6.76. The number of guanidine groups is 1. The van der Waals surface area contributed by atoms with Gasteiger partial charge in [0.05, 0.1) is 12.9 Å². The van der Waals surface area contributed by atoms with Gasteiger partial charge in [-0.1, -0.05) is 42.5 Å². The Labute approximate surface area is 201 Å². The van der Waals surface area contributed by atoms with Crippen LogP contribution in [0.25, 0.3) is 0 Å². The topological polar surface area (TPSA) is 63.5 Å². The van der Waals surface area contributed by atoms with Crippen LogP contribution in [0, 0.1) is 0 Å². The Morgan fingerprint density at radius 1 is 1.06 bits per heavy atom. The summed E-state index contributed by atoms with van der Waals surface area (Å²) in [6.45, 7) is 3.86. The summed E-state index contributed by atoms with van der Waals surface area (Å²) in [6.07, 6.45) is 0.680. The summed E-state index contributed by atoms with van der Waals surface area (Å²) in [6, 6.07) is 14.1. The zero-order valence-electron chi connectivity index (χ0n) is 17.5. The number of ether oxygens (including phenoxy) is 1. The van der Waals surface area contributed by atoms with Gasteiger partial charge in [0.25, 0.3) is 0 Å². The fourth-order valence-electron chi connectivity index (χ4n) is 2.91. The first-order chi connectivity index (χ1) is 14.9. The van der Waals surface area contributed by atoms with E-state index in [1.807, 2.05) is 42.0 Å². The molecule has 0 aliphatic rings. The number of para-hydroxylation sites is 1. The molecule has 10 heteroatoms. The second kappa shape index (κ2) is 12.3. The Bertz CT molecular complexity index is 976. The van der Waals surface area contributed by atoms with Crippen molar-refractivity contribution in [3.8, 4) is 5.75 Å². The maximum absolute atomic E-state index is 12.6. The molecule has 0 atom stereocenters. The van der Waals surface area contributed by atoms with Crippen LogP contribution in [0.1, 0.15) is 23.6 Å². The monoisotopic (exact) mass is 559 g/mol. The van der Waals surface area contributed by atoms with Crippen LogP contribution in [0.2, 0.25) is 0 Å². The molecule has 1 aromatic heterocycles. The third-order valence-electron chi connectivity index (χ3n) is 4.36. The first kappa shape index (κ1) is 25.5. The molecule has 0 saturated heterocycles. The highest BCUT2D eigenvalue weighted by Crippen LogP contribution is 2.26. The first-order valence-corrected chi connectivity index (χ1v) is 9.82. The molecule has 3 aromatic rings. The van der Waals surface area contributed by atoms with Gasteiger partial charge in [-0.2, -0.15) is 0 Å². The predicted octanol–water partition coefficient (Wildman–Crippen LogP) is 4.70. The van der Waals surface area contributed by atoms with Crippen LogP contribution in [-0.4, -0.2) is 28.4 Å². The Balaban J connectivity index is 0.00000363. The van der Waals surface area contributed by atoms with E-state index in [4.69, 9.17) is 0 Å². The van der Waals surface area contributed by atoms with Gasteiger partial charge in [-0.25, -0.2) is 9.98 Å². The normalized spacial score (nSPS) is 11.6. The van der Waals surface area contributed by atoms with E-state index in [2.05, 4.69) is 25.3 Å². The molecule has 0 radical (unpaired) electrons. The molecule has 6 nitrogen and oxygen atoms in total. The van der Waals surface area contributed by atoms with E-state index in [0.717, 1.165) is 17.7 Å². The van der Waals surface area contributed by atoms with E-state index < -0.39 is 6.36 Å². The van der Waals surface area contributed by atoms with Crippen molar-refractivity contribution >= 4 is 29.9 Å². The van der Waals surface area contributed by atoms with Crippen LogP contribution in [0.5, 0.6) is 5.75 Å². The molecule has 2 aromatic carbocycles. The SMILES string of the molecule is CCNC(=NCc1ccc(Cn2ccnc2)cc1)NCc1ccccc1OC(F)(F)F.I. The highest BCUT2D eigenvalue weighted by molar-refractivity contribution is 14.0. The van der Waals surface area contributed by atoms with Crippen molar-refractivity contribution in [3.05, 3.63) is 83.9 Å². The van der Waals surface area contributed by atoms with Crippen molar-refractivity contribution in [1.29, 1.82) is 0 Å². The first-order valence-electron chi connectivity index (χ1n) is 9.82. The van der Waals surface area contributed by atoms with Gasteiger partial charge < -0.3 is 19.9 Å². The Morgan fingerprint density at radius 3 is 2.44 bits per heavy atom. The smallest absolute Gasteiger partial charge is 0.405 e. The predicted molar refractivity (Wildman–Crippen MR) is 128 cm³/mol. The van der Waals surface area contributed by atoms with Gasteiger partial charge in [-0.05, 0) is 24.1 Å². The lowest BCUT2D eigenvalue weighted by Crippen LogP contribution is -2.37. The average Bonchev–Trinajstić information content (AvgIpc) is 3.24. The molecule has 0 aliphatic heterocycles. The highest BCUT2D eigenvalue weighted by atomic mass is 127. The van der Waals surface area contributed by atoms with Crippen LogP contribution >= 0.6 is 24.0 Å². The summed E-state index contributed by atoms with van der Waals surface area (Å²) in [5.41, 5.74) is 2.55. The van der Waals surface area contributed by atoms with Crippen LogP contribution in [-0.2, 0) is 19.6 Å². The van der Waals surface area contributed by atoms with E-state index in [-0.39, 0.29) is 36.3 Å². The summed E-state index contributed by atoms with van der Waals surface area (Å²) in [5.74, 6) is 0.277. The van der Waals surface area contributed by atoms with Crippen molar-refractivity contribution in [1.82, 2.24) is 20.2 Å². The van der Waals surface area contributed by atoms with Crippen molar-refractivity contribution in [2.24, 2.45) is 4.99 Å². The molecule has 3 rings (SSSR count). The minimum absolute atomic E-state index is 0. The zero-order chi connectivity index (χ0) is 22.1. The molecule has 0 spiro atoms. The second-order valence-corrected chi connectivity index (χ2v) is 6.76. The number of aliphatic imine (C=N–C) groups is 1. The van der Waals surface area contributed by atoms with E-state index in [1.165, 1.54) is 12.1 Å². The molecular formula is C22H25F3IN5O. The fraction of sp³-hybridized carbons (Fsp3) is 0.273. The highest BCUT2D eigenvalue weighted by Gasteiger charge is 2.31. The largest absolute Gasteiger partial charge is 0.573 e. The number of nitrogens with zero attached hydrogens (tertiary/aromatic N) is 3. The summed E-state index contributed by atoms with van der Waals surface area (Å²) < 4.78 is 43.9. The summed E-state index contributed by atoms with van der Waals surface area (Å²) in [5, 5.41) is 6.15. The lowest BCUT2D eigenvalue weighted by atomic mass is 10.1. The van der Waals surface area contributed by atoms with Crippen LogP contribution in [0.15, 0.2) is 72.2 Å². The molecule has 0 fully saturated rings. The molecule has 32 heavy (non-hydrogen) atoms. The maximum atomic E-state index is 12.6. The lowest BCUT2D eigenvalue weighted by Gasteiger charge is -2.15. The number of nitrogens with one attached hydrogen (secondary N) is 2. The van der Waals surface area contributed by atoms with Gasteiger partial charge in [-0.15, -0.1) is 37.1 Å². The molecule has 0 amide bonds. The number of hydrogen-bond donors (Lipinski definition) is 2. The van der Waals surface area contributed by atoms with Crippen molar-refractivity contribution in [3.63, 3.8) is 0 Å². The number of benzene rings is 2. The minimum atomic E-state index is -4.74. The molecule has 0 aliphatic carbocycles. The average molecular weight is 559 g/mol. The van der Waals surface area contributed by atoms with Crippen LogP contribution < -0.4 is 15.4 Å². The van der Waals surface area contributed by atoms with Gasteiger partial charge in [0.2, 0.25) is 0 Å². The number of halogens is 4. The van der Waals surface area contributed by atoms with Gasteiger partial charge in [0, 0.05) is 37.6 Å². The van der Waals surface area contributed by atoms with E-state index in [9.17, 15) is 13.2 Å². The molecule has 0 bridgehead atoms. The van der Waals surface area contributed by atoms with E-state index in [1.54, 1.807) is 24.7 Å². The molecule has 0 unspecified atom stereocenters. The van der Waals surface area contributed by atoms with E-state index >= 15 is 0 Å². The fourth-order valence-corrected chi connectivity index (χ4v) is 2.91. The third kappa shape index (κ3) is 8.40. The molecule has 2 N–H and O–H groups in total. The van der Waals surface area contributed by atoms with Gasteiger partial charge in [0.1, 0.15) is 5.75 Å². The Hall–Kier alpha value is -2.76. The number of alkyl halides is 3. The summed E-state index contributed by atoms with van der Waals surface area (Å²) >= 11 is 0. The zero-order valence-corrected chi connectivity index (χ0v) is 19.8. The van der Waals surface area contributed by atoms with E-state index in [0.29, 0.717) is 24.6 Å². The number of rotatable bonds is 8. The summed E-state index contributed by atoms with van der Waals surface area (Å²) in [7, 11) is 0. The minimum Gasteiger partial charge on any atom is -0.405 e. The van der Waals surface area contributed by atoms with Gasteiger partial charge >= 0.3 is 6.36 Å². The molecule has 1 heterocycles. The number of imidazole rings is 1. The Kier molecular flexibility index (Phi) is 9.82. The molecule has 0 saturated carbocycles.